The highest BCUT2D eigenvalue weighted by molar-refractivity contribution is 6.20. The highest BCUT2D eigenvalue weighted by Crippen LogP contribution is 2.68. The van der Waals surface area contributed by atoms with E-state index in [-0.39, 0.29) is 10.8 Å². The monoisotopic (exact) mass is 508 g/mol. The average Bonchev–Trinajstić information content (AvgIpc) is 3.56. The molecule has 2 saturated carbocycles. The maximum Gasteiger partial charge on any atom is 0.144 e. The zero-order valence-electron chi connectivity index (χ0n) is 23.3. The van der Waals surface area contributed by atoms with Crippen molar-refractivity contribution in [2.24, 2.45) is 0 Å². The molecule has 0 radical (unpaired) electrons. The first-order chi connectivity index (χ1) is 19.1. The molecule has 4 aliphatic rings. The van der Waals surface area contributed by atoms with Crippen LogP contribution in [0.15, 0.2) is 65.1 Å². The second-order valence-corrected chi connectivity index (χ2v) is 13.2. The molecule has 0 unspecified atom stereocenters. The number of furan rings is 1. The lowest BCUT2D eigenvalue weighted by molar-refractivity contribution is 0.325. The Bertz CT molecular complexity index is 1830. The molecule has 2 spiro atoms. The van der Waals surface area contributed by atoms with Gasteiger partial charge < -0.3 is 4.42 Å². The molecule has 1 nitrogen and oxygen atoms in total. The van der Waals surface area contributed by atoms with Crippen LogP contribution in [-0.4, -0.2) is 0 Å². The fourth-order valence-electron chi connectivity index (χ4n) is 9.60. The summed E-state index contributed by atoms with van der Waals surface area (Å²) in [5, 5.41) is 2.65. The van der Waals surface area contributed by atoms with Crippen molar-refractivity contribution in [3.05, 3.63) is 94.0 Å². The molecule has 1 heteroatoms. The minimum atomic E-state index is 0.105. The van der Waals surface area contributed by atoms with E-state index in [1.54, 1.807) is 22.3 Å². The van der Waals surface area contributed by atoms with Crippen LogP contribution >= 0.6 is 0 Å². The van der Waals surface area contributed by atoms with E-state index < -0.39 is 0 Å². The third-order valence-corrected chi connectivity index (χ3v) is 11.1. The summed E-state index contributed by atoms with van der Waals surface area (Å²) in [6.45, 7) is 4.57. The summed E-state index contributed by atoms with van der Waals surface area (Å²) in [5.41, 5.74) is 17.6. The summed E-state index contributed by atoms with van der Waals surface area (Å²) in [5.74, 6) is 0. The molecule has 194 valence electrons. The SMILES string of the molecule is Cc1ccc2c(c1)C1(CCCCC1)c1c3c(c4c(oc5ccccc54)c1-2)-c1ccc(C)cc1C31CCCCC1. The van der Waals surface area contributed by atoms with Gasteiger partial charge in [0, 0.05) is 27.2 Å². The molecule has 1 aromatic heterocycles. The van der Waals surface area contributed by atoms with E-state index in [0.717, 1.165) is 11.2 Å². The third-order valence-electron chi connectivity index (χ3n) is 11.1. The first kappa shape index (κ1) is 22.5. The topological polar surface area (TPSA) is 13.1 Å². The number of hydrogen-bond donors (Lipinski definition) is 0. The van der Waals surface area contributed by atoms with Crippen molar-refractivity contribution in [2.75, 3.05) is 0 Å². The van der Waals surface area contributed by atoms with E-state index >= 15 is 0 Å². The van der Waals surface area contributed by atoms with Crippen molar-refractivity contribution in [3.8, 4) is 22.3 Å². The van der Waals surface area contributed by atoms with Crippen molar-refractivity contribution >= 4 is 21.9 Å². The van der Waals surface area contributed by atoms with Gasteiger partial charge >= 0.3 is 0 Å². The molecule has 0 N–H and O–H groups in total. The number of rotatable bonds is 0. The molecule has 0 aliphatic heterocycles. The summed E-state index contributed by atoms with van der Waals surface area (Å²) in [6, 6.07) is 23.5. The minimum absolute atomic E-state index is 0.105. The summed E-state index contributed by atoms with van der Waals surface area (Å²) < 4.78 is 6.96. The lowest BCUT2D eigenvalue weighted by Gasteiger charge is -2.42. The van der Waals surface area contributed by atoms with Crippen LogP contribution in [0, 0.1) is 13.8 Å². The molecule has 1 heterocycles. The first-order valence-electron chi connectivity index (χ1n) is 15.4. The first-order valence-corrected chi connectivity index (χ1v) is 15.4. The number of para-hydroxylation sites is 1. The van der Waals surface area contributed by atoms with Crippen LogP contribution in [0.2, 0.25) is 0 Å². The van der Waals surface area contributed by atoms with Crippen LogP contribution < -0.4 is 0 Å². The Hall–Kier alpha value is -3.32. The molecule has 0 atom stereocenters. The van der Waals surface area contributed by atoms with E-state index in [0.29, 0.717) is 0 Å². The maximum absolute atomic E-state index is 6.96. The van der Waals surface area contributed by atoms with Gasteiger partial charge in [-0.2, -0.15) is 0 Å². The van der Waals surface area contributed by atoms with Crippen molar-refractivity contribution in [1.29, 1.82) is 0 Å². The van der Waals surface area contributed by atoms with Crippen molar-refractivity contribution in [2.45, 2.75) is 88.9 Å². The summed E-state index contributed by atoms with van der Waals surface area (Å²) in [4.78, 5) is 0. The molecular formula is C38H36O. The number of aryl methyl sites for hydroxylation is 2. The fourth-order valence-corrected chi connectivity index (χ4v) is 9.60. The highest BCUT2D eigenvalue weighted by atomic mass is 16.3. The van der Waals surface area contributed by atoms with Gasteiger partial charge in [0.05, 0.1) is 0 Å². The highest BCUT2D eigenvalue weighted by Gasteiger charge is 2.54. The molecular weight excluding hydrogens is 472 g/mol. The van der Waals surface area contributed by atoms with Gasteiger partial charge in [-0.05, 0) is 84.5 Å². The Kier molecular flexibility index (Phi) is 4.42. The van der Waals surface area contributed by atoms with E-state index in [1.807, 2.05) is 0 Å². The van der Waals surface area contributed by atoms with Crippen LogP contribution in [0.1, 0.15) is 97.6 Å². The van der Waals surface area contributed by atoms with Gasteiger partial charge in [0.25, 0.3) is 0 Å². The number of benzene rings is 4. The van der Waals surface area contributed by atoms with Gasteiger partial charge in [-0.15, -0.1) is 0 Å². The predicted octanol–water partition coefficient (Wildman–Crippen LogP) is 10.7. The summed E-state index contributed by atoms with van der Waals surface area (Å²) in [7, 11) is 0. The second kappa shape index (κ2) is 7.66. The largest absolute Gasteiger partial charge is 0.455 e. The standard InChI is InChI=1S/C38H36O/c1-23-13-15-25-28(21-23)37(17-7-3-8-18-37)34-31(25)32-27-11-5-6-12-30(27)39-36(32)33-26-16-14-24(2)22-29(26)38(35(33)34)19-9-4-10-20-38/h5-6,11-16,21-22H,3-4,7-10,17-20H2,1-2H3. The quantitative estimate of drug-likeness (QED) is 0.203. The Labute approximate surface area is 231 Å². The molecule has 2 fully saturated rings. The van der Waals surface area contributed by atoms with Gasteiger partial charge in [-0.3, -0.25) is 0 Å². The molecule has 5 aromatic rings. The van der Waals surface area contributed by atoms with Crippen molar-refractivity contribution < 1.29 is 4.42 Å². The van der Waals surface area contributed by atoms with Crippen LogP contribution in [0.5, 0.6) is 0 Å². The van der Waals surface area contributed by atoms with Gasteiger partial charge in [0.1, 0.15) is 11.2 Å². The Morgan fingerprint density at radius 1 is 0.590 bits per heavy atom. The van der Waals surface area contributed by atoms with Gasteiger partial charge in [-0.25, -0.2) is 0 Å². The molecule has 4 aromatic carbocycles. The van der Waals surface area contributed by atoms with Gasteiger partial charge in [0.2, 0.25) is 0 Å². The van der Waals surface area contributed by atoms with E-state index in [4.69, 9.17) is 4.42 Å². The smallest absolute Gasteiger partial charge is 0.144 e. The molecule has 0 amide bonds. The summed E-state index contributed by atoms with van der Waals surface area (Å²) >= 11 is 0. The van der Waals surface area contributed by atoms with Crippen LogP contribution in [-0.2, 0) is 10.8 Å². The number of hydrogen-bond acceptors (Lipinski definition) is 1. The van der Waals surface area contributed by atoms with Crippen LogP contribution in [0.3, 0.4) is 0 Å². The average molecular weight is 509 g/mol. The molecule has 39 heavy (non-hydrogen) atoms. The fraction of sp³-hybridized carbons (Fsp3) is 0.368. The second-order valence-electron chi connectivity index (χ2n) is 13.2. The lowest BCUT2D eigenvalue weighted by atomic mass is 9.60. The van der Waals surface area contributed by atoms with Gasteiger partial charge in [0.15, 0.2) is 0 Å². The Morgan fingerprint density at radius 2 is 1.13 bits per heavy atom. The maximum atomic E-state index is 6.96. The van der Waals surface area contributed by atoms with Crippen LogP contribution in [0.4, 0.5) is 0 Å². The van der Waals surface area contributed by atoms with E-state index in [9.17, 15) is 0 Å². The molecule has 0 bridgehead atoms. The van der Waals surface area contributed by atoms with Gasteiger partial charge in [-0.1, -0.05) is 104 Å². The Morgan fingerprint density at radius 3 is 1.74 bits per heavy atom. The molecule has 9 rings (SSSR count). The summed E-state index contributed by atoms with van der Waals surface area (Å²) in [6.07, 6.45) is 13.1. The van der Waals surface area contributed by atoms with Crippen LogP contribution in [0.25, 0.3) is 44.2 Å². The zero-order valence-corrected chi connectivity index (χ0v) is 23.3. The third kappa shape index (κ3) is 2.67. The Balaban J connectivity index is 1.55. The normalized spacial score (nSPS) is 19.9. The molecule has 0 saturated heterocycles. The van der Waals surface area contributed by atoms with Crippen molar-refractivity contribution in [3.63, 3.8) is 0 Å². The number of fused-ring (bicyclic) bond motifs is 16. The lowest BCUT2D eigenvalue weighted by Crippen LogP contribution is -2.35. The van der Waals surface area contributed by atoms with E-state index in [1.165, 1.54) is 108 Å². The zero-order chi connectivity index (χ0) is 25.9. The minimum Gasteiger partial charge on any atom is -0.455 e. The van der Waals surface area contributed by atoms with E-state index in [2.05, 4.69) is 74.5 Å². The van der Waals surface area contributed by atoms with Crippen molar-refractivity contribution in [1.82, 2.24) is 0 Å². The molecule has 4 aliphatic carbocycles. The predicted molar refractivity (Wildman–Crippen MR) is 162 cm³/mol.